The number of hydrogen-bond donors (Lipinski definition) is 2. The van der Waals surface area contributed by atoms with Crippen LogP contribution in [0.1, 0.15) is 18.5 Å². The maximum absolute atomic E-state index is 13.4. The molecule has 3 aromatic rings. The highest BCUT2D eigenvalue weighted by Gasteiger charge is 2.34. The Balaban J connectivity index is 1.80. The smallest absolute Gasteiger partial charge is 0.255 e. The van der Waals surface area contributed by atoms with Crippen molar-refractivity contribution in [3.63, 3.8) is 0 Å². The maximum atomic E-state index is 13.4. The van der Waals surface area contributed by atoms with Crippen molar-refractivity contribution in [3.8, 4) is 5.75 Å². The number of carbonyl (C=O) groups is 1. The van der Waals surface area contributed by atoms with Crippen LogP contribution in [0.15, 0.2) is 65.0 Å². The Hall–Kier alpha value is -2.97. The molecule has 154 valence electrons. The second kappa shape index (κ2) is 8.41. The molecule has 0 unspecified atom stereocenters. The predicted octanol–water partition coefficient (Wildman–Crippen LogP) is 4.59. The zero-order valence-corrected chi connectivity index (χ0v) is 18.2. The van der Waals surface area contributed by atoms with E-state index in [1.807, 2.05) is 43.5 Å². The number of methoxy groups -OCH3 is 1. The van der Waals surface area contributed by atoms with Gasteiger partial charge in [0.2, 0.25) is 11.1 Å². The summed E-state index contributed by atoms with van der Waals surface area (Å²) in [5.74, 6) is 0.898. The summed E-state index contributed by atoms with van der Waals surface area (Å²) < 4.78 is 7.09. The number of para-hydroxylation sites is 2. The number of hydrogen-bond acceptors (Lipinski definition) is 6. The molecule has 30 heavy (non-hydrogen) atoms. The van der Waals surface area contributed by atoms with Gasteiger partial charge in [-0.05, 0) is 43.0 Å². The number of nitrogens with one attached hydrogen (secondary N) is 2. The standard InChI is InChI=1S/C21H20ClN5O2S/c1-12-17(19(28)24-15-9-4-5-10-16(15)29-2)18(13-7-6-8-14(22)11-13)27-20(23-12)25-21(26-27)30-3/h4-11,18H,1-3H3,(H,24,28)(H,23,25,26)/t18-/m0/s1. The quantitative estimate of drug-likeness (QED) is 0.563. The number of anilines is 2. The summed E-state index contributed by atoms with van der Waals surface area (Å²) in [5.41, 5.74) is 2.64. The SMILES string of the molecule is COc1ccccc1NC(=O)C1=C(C)Nc2nc(SC)nn2[C@H]1c1cccc(Cl)c1. The van der Waals surface area contributed by atoms with Crippen LogP contribution < -0.4 is 15.4 Å². The van der Waals surface area contributed by atoms with E-state index in [-0.39, 0.29) is 5.91 Å². The summed E-state index contributed by atoms with van der Waals surface area (Å²) in [4.78, 5) is 17.9. The molecule has 0 radical (unpaired) electrons. The molecule has 7 nitrogen and oxygen atoms in total. The molecule has 0 saturated heterocycles. The maximum Gasteiger partial charge on any atom is 0.255 e. The Labute approximate surface area is 183 Å². The Morgan fingerprint density at radius 1 is 1.27 bits per heavy atom. The molecule has 2 N–H and O–H groups in total. The van der Waals surface area contributed by atoms with E-state index in [0.29, 0.717) is 38.8 Å². The van der Waals surface area contributed by atoms with E-state index in [4.69, 9.17) is 16.3 Å². The highest BCUT2D eigenvalue weighted by molar-refractivity contribution is 7.98. The Kier molecular flexibility index (Phi) is 5.69. The van der Waals surface area contributed by atoms with Gasteiger partial charge in [0.15, 0.2) is 0 Å². The van der Waals surface area contributed by atoms with E-state index in [1.54, 1.807) is 30.0 Å². The number of halogens is 1. The summed E-state index contributed by atoms with van der Waals surface area (Å²) >= 11 is 7.69. The first-order valence-corrected chi connectivity index (χ1v) is 10.8. The zero-order chi connectivity index (χ0) is 21.3. The van der Waals surface area contributed by atoms with Gasteiger partial charge in [0.1, 0.15) is 11.8 Å². The van der Waals surface area contributed by atoms with Gasteiger partial charge in [-0.3, -0.25) is 4.79 Å². The Bertz CT molecular complexity index is 1140. The Morgan fingerprint density at radius 2 is 2.07 bits per heavy atom. The molecule has 2 heterocycles. The highest BCUT2D eigenvalue weighted by atomic mass is 35.5. The number of amides is 1. The molecule has 2 aromatic carbocycles. The zero-order valence-electron chi connectivity index (χ0n) is 16.6. The lowest BCUT2D eigenvalue weighted by atomic mass is 9.95. The van der Waals surface area contributed by atoms with Gasteiger partial charge < -0.3 is 15.4 Å². The average Bonchev–Trinajstić information content (AvgIpc) is 3.15. The topological polar surface area (TPSA) is 81.1 Å². The lowest BCUT2D eigenvalue weighted by Gasteiger charge is -2.29. The molecule has 9 heteroatoms. The molecule has 4 rings (SSSR count). The first-order chi connectivity index (χ1) is 14.5. The number of fused-ring (bicyclic) bond motifs is 1. The van der Waals surface area contributed by atoms with E-state index >= 15 is 0 Å². The number of aromatic nitrogens is 3. The molecule has 1 atom stereocenters. The van der Waals surface area contributed by atoms with Gasteiger partial charge in [-0.1, -0.05) is 47.6 Å². The second-order valence-corrected chi connectivity index (χ2v) is 7.85. The molecule has 0 fully saturated rings. The van der Waals surface area contributed by atoms with Crippen molar-refractivity contribution in [3.05, 3.63) is 70.4 Å². The number of ether oxygens (including phenoxy) is 1. The van der Waals surface area contributed by atoms with Crippen molar-refractivity contribution >= 4 is 40.9 Å². The second-order valence-electron chi connectivity index (χ2n) is 6.64. The number of nitrogens with zero attached hydrogens (tertiary/aromatic N) is 3. The normalized spacial score (nSPS) is 15.4. The van der Waals surface area contributed by atoms with Gasteiger partial charge in [0.25, 0.3) is 5.91 Å². The average molecular weight is 442 g/mol. The van der Waals surface area contributed by atoms with Crippen LogP contribution in [0.5, 0.6) is 5.75 Å². The third kappa shape index (κ3) is 3.76. The molecule has 1 aliphatic heterocycles. The minimum absolute atomic E-state index is 0.263. The summed E-state index contributed by atoms with van der Waals surface area (Å²) in [7, 11) is 1.57. The number of thioether (sulfide) groups is 1. The van der Waals surface area contributed by atoms with Crippen molar-refractivity contribution in [1.82, 2.24) is 14.8 Å². The predicted molar refractivity (Wildman–Crippen MR) is 119 cm³/mol. The van der Waals surface area contributed by atoms with Crippen LogP contribution in [-0.4, -0.2) is 34.0 Å². The van der Waals surface area contributed by atoms with Crippen LogP contribution in [0.25, 0.3) is 0 Å². The lowest BCUT2D eigenvalue weighted by molar-refractivity contribution is -0.113. The third-order valence-corrected chi connectivity index (χ3v) is 5.55. The fraction of sp³-hybridized carbons (Fsp3) is 0.190. The third-order valence-electron chi connectivity index (χ3n) is 4.78. The van der Waals surface area contributed by atoms with Crippen molar-refractivity contribution < 1.29 is 9.53 Å². The molecule has 0 bridgehead atoms. The van der Waals surface area contributed by atoms with Crippen LogP contribution in [-0.2, 0) is 4.79 Å². The number of benzene rings is 2. The largest absolute Gasteiger partial charge is 0.495 e. The van der Waals surface area contributed by atoms with E-state index in [9.17, 15) is 4.79 Å². The van der Waals surface area contributed by atoms with E-state index in [1.165, 1.54) is 11.8 Å². The van der Waals surface area contributed by atoms with Gasteiger partial charge in [0, 0.05) is 10.7 Å². The fourth-order valence-electron chi connectivity index (χ4n) is 3.43. The van der Waals surface area contributed by atoms with Gasteiger partial charge in [-0.15, -0.1) is 5.10 Å². The fourth-order valence-corrected chi connectivity index (χ4v) is 3.98. The summed E-state index contributed by atoms with van der Waals surface area (Å²) in [5, 5.41) is 12.0. The molecule has 0 aliphatic carbocycles. The molecule has 0 spiro atoms. The first-order valence-electron chi connectivity index (χ1n) is 9.20. The van der Waals surface area contributed by atoms with Gasteiger partial charge in [0.05, 0.1) is 18.4 Å². The lowest BCUT2D eigenvalue weighted by Crippen LogP contribution is -2.31. The number of rotatable bonds is 5. The number of carbonyl (C=O) groups excluding carboxylic acids is 1. The molecular weight excluding hydrogens is 422 g/mol. The van der Waals surface area contributed by atoms with E-state index in [0.717, 1.165) is 5.56 Å². The van der Waals surface area contributed by atoms with Crippen LogP contribution >= 0.6 is 23.4 Å². The van der Waals surface area contributed by atoms with E-state index < -0.39 is 6.04 Å². The van der Waals surface area contributed by atoms with Crippen molar-refractivity contribution in [1.29, 1.82) is 0 Å². The van der Waals surface area contributed by atoms with Gasteiger partial charge >= 0.3 is 0 Å². The summed E-state index contributed by atoms with van der Waals surface area (Å²) in [6.07, 6.45) is 1.91. The van der Waals surface area contributed by atoms with Gasteiger partial charge in [-0.25, -0.2) is 4.68 Å². The van der Waals surface area contributed by atoms with Gasteiger partial charge in [-0.2, -0.15) is 4.98 Å². The van der Waals surface area contributed by atoms with Crippen LogP contribution in [0.3, 0.4) is 0 Å². The summed E-state index contributed by atoms with van der Waals surface area (Å²) in [6.45, 7) is 1.85. The monoisotopic (exact) mass is 441 g/mol. The number of allylic oxidation sites excluding steroid dienone is 1. The molecule has 0 saturated carbocycles. The molecule has 1 aromatic heterocycles. The van der Waals surface area contributed by atoms with Crippen LogP contribution in [0.4, 0.5) is 11.6 Å². The van der Waals surface area contributed by atoms with Crippen molar-refractivity contribution in [2.75, 3.05) is 24.0 Å². The van der Waals surface area contributed by atoms with Crippen molar-refractivity contribution in [2.45, 2.75) is 18.1 Å². The van der Waals surface area contributed by atoms with Crippen molar-refractivity contribution in [2.24, 2.45) is 0 Å². The Morgan fingerprint density at radius 3 is 2.80 bits per heavy atom. The minimum atomic E-state index is -0.483. The molecule has 1 aliphatic rings. The minimum Gasteiger partial charge on any atom is -0.495 e. The van der Waals surface area contributed by atoms with Crippen LogP contribution in [0.2, 0.25) is 5.02 Å². The molecule has 1 amide bonds. The summed E-state index contributed by atoms with van der Waals surface area (Å²) in [6, 6.07) is 14.2. The highest BCUT2D eigenvalue weighted by Crippen LogP contribution is 2.37. The first kappa shape index (κ1) is 20.3. The van der Waals surface area contributed by atoms with E-state index in [2.05, 4.69) is 20.7 Å². The molecular formula is C21H20ClN5O2S. The van der Waals surface area contributed by atoms with Crippen LogP contribution in [0, 0.1) is 0 Å².